The molecule has 3 aromatic rings. The Balaban J connectivity index is 1.30. The number of rotatable bonds is 4. The second kappa shape index (κ2) is 8.72. The van der Waals surface area contributed by atoms with E-state index in [4.69, 9.17) is 4.74 Å². The molecule has 6 nitrogen and oxygen atoms in total. The van der Waals surface area contributed by atoms with E-state index in [9.17, 15) is 31.5 Å². The minimum Gasteiger partial charge on any atom is -0.490 e. The Bertz CT molecular complexity index is 1190. The van der Waals surface area contributed by atoms with Crippen LogP contribution in [0.5, 0.6) is 5.75 Å². The number of alkyl halides is 3. The summed E-state index contributed by atoms with van der Waals surface area (Å²) in [6.07, 6.45) is -2.01. The number of benzene rings is 2. The number of aromatic amines is 1. The van der Waals surface area contributed by atoms with E-state index in [1.165, 1.54) is 18.3 Å². The summed E-state index contributed by atoms with van der Waals surface area (Å²) in [6.45, 7) is 0. The molecule has 3 N–H and O–H groups in total. The van der Waals surface area contributed by atoms with Gasteiger partial charge in [0.15, 0.2) is 11.6 Å². The molecule has 2 aromatic carbocycles. The van der Waals surface area contributed by atoms with Gasteiger partial charge >= 0.3 is 18.0 Å². The number of ether oxygens (including phenoxy) is 1. The lowest BCUT2D eigenvalue weighted by Crippen LogP contribution is -2.41. The van der Waals surface area contributed by atoms with Crippen molar-refractivity contribution < 1.29 is 36.3 Å². The summed E-state index contributed by atoms with van der Waals surface area (Å²) >= 11 is 0. The monoisotopic (exact) mass is 467 g/mol. The molecule has 1 saturated carbocycles. The lowest BCUT2D eigenvalue weighted by Gasteiger charge is -2.16. The summed E-state index contributed by atoms with van der Waals surface area (Å²) in [5, 5.41) is 5.15. The van der Waals surface area contributed by atoms with Crippen molar-refractivity contribution in [2.75, 3.05) is 5.32 Å². The van der Waals surface area contributed by atoms with Gasteiger partial charge in [-0.25, -0.2) is 8.78 Å². The van der Waals surface area contributed by atoms with Crippen molar-refractivity contribution in [1.82, 2.24) is 10.3 Å². The van der Waals surface area contributed by atoms with Crippen LogP contribution in [0.1, 0.15) is 24.8 Å². The number of hydrogen-bond acceptors (Lipinski definition) is 3. The number of aromatic nitrogens is 1. The zero-order valence-corrected chi connectivity index (χ0v) is 16.9. The van der Waals surface area contributed by atoms with Crippen molar-refractivity contribution in [2.45, 2.75) is 37.6 Å². The molecule has 11 heteroatoms. The number of anilines is 1. The van der Waals surface area contributed by atoms with Crippen LogP contribution in [0.15, 0.2) is 42.6 Å². The number of hydrogen-bond donors (Lipinski definition) is 3. The SMILES string of the molecule is O=C(Nc1c[nH]c2cc(F)c(F)cc12)C(=O)NC1CCC(Oc2ccc(C(F)(F)F)cc2)C1. The first kappa shape index (κ1) is 22.6. The predicted octanol–water partition coefficient (Wildman–Crippen LogP) is 4.52. The van der Waals surface area contributed by atoms with Gasteiger partial charge in [-0.15, -0.1) is 0 Å². The highest BCUT2D eigenvalue weighted by atomic mass is 19.4. The van der Waals surface area contributed by atoms with Crippen LogP contribution in [0.4, 0.5) is 27.6 Å². The molecule has 1 heterocycles. The smallest absolute Gasteiger partial charge is 0.416 e. The van der Waals surface area contributed by atoms with Crippen molar-refractivity contribution in [3.8, 4) is 5.75 Å². The summed E-state index contributed by atoms with van der Waals surface area (Å²) in [5.74, 6) is -3.75. The molecule has 1 aliphatic rings. The number of H-pyrrole nitrogens is 1. The standard InChI is InChI=1S/C22H18F5N3O3/c23-16-8-15-18(9-17(16)24)28-10-19(15)30-21(32)20(31)29-12-3-6-14(7-12)33-13-4-1-11(2-5-13)22(25,26)27/h1-2,4-5,8-10,12,14,28H,3,6-7H2,(H,29,31)(H,30,32). The summed E-state index contributed by atoms with van der Waals surface area (Å²) in [4.78, 5) is 27.2. The number of halogens is 5. The van der Waals surface area contributed by atoms with Gasteiger partial charge < -0.3 is 20.4 Å². The van der Waals surface area contributed by atoms with Crippen LogP contribution in [-0.4, -0.2) is 28.9 Å². The van der Waals surface area contributed by atoms with E-state index in [1.807, 2.05) is 0 Å². The van der Waals surface area contributed by atoms with Gasteiger partial charge in [0, 0.05) is 30.1 Å². The first-order valence-electron chi connectivity index (χ1n) is 10.0. The largest absolute Gasteiger partial charge is 0.490 e. The summed E-state index contributed by atoms with van der Waals surface area (Å²) in [5.41, 5.74) is -0.400. The maximum atomic E-state index is 13.5. The van der Waals surface area contributed by atoms with Crippen molar-refractivity contribution in [3.05, 3.63) is 59.8 Å². The minimum atomic E-state index is -4.43. The quantitative estimate of drug-likeness (QED) is 0.390. The maximum absolute atomic E-state index is 13.5. The van der Waals surface area contributed by atoms with Gasteiger partial charge in [0.2, 0.25) is 0 Å². The van der Waals surface area contributed by atoms with E-state index in [-0.39, 0.29) is 34.5 Å². The van der Waals surface area contributed by atoms with Gasteiger partial charge in [-0.2, -0.15) is 13.2 Å². The second-order valence-corrected chi connectivity index (χ2v) is 7.71. The molecule has 2 amide bonds. The molecule has 33 heavy (non-hydrogen) atoms. The van der Waals surface area contributed by atoms with Crippen molar-refractivity contribution in [3.63, 3.8) is 0 Å². The molecular formula is C22H18F5N3O3. The fourth-order valence-corrected chi connectivity index (χ4v) is 3.74. The lowest BCUT2D eigenvalue weighted by atomic mass is 10.2. The highest BCUT2D eigenvalue weighted by Crippen LogP contribution is 2.31. The van der Waals surface area contributed by atoms with Gasteiger partial charge in [0.1, 0.15) is 11.9 Å². The zero-order chi connectivity index (χ0) is 23.8. The van der Waals surface area contributed by atoms with Gasteiger partial charge in [0.05, 0.1) is 16.8 Å². The molecular weight excluding hydrogens is 449 g/mol. The molecule has 2 unspecified atom stereocenters. The van der Waals surface area contributed by atoms with Gasteiger partial charge in [-0.1, -0.05) is 0 Å². The molecule has 4 rings (SSSR count). The zero-order valence-electron chi connectivity index (χ0n) is 16.9. The molecule has 0 bridgehead atoms. The average Bonchev–Trinajstić information content (AvgIpc) is 3.35. The minimum absolute atomic E-state index is 0.124. The van der Waals surface area contributed by atoms with Crippen LogP contribution in [0.3, 0.4) is 0 Å². The van der Waals surface area contributed by atoms with E-state index in [0.29, 0.717) is 19.3 Å². The second-order valence-electron chi connectivity index (χ2n) is 7.71. The first-order chi connectivity index (χ1) is 15.6. The maximum Gasteiger partial charge on any atom is 0.416 e. The van der Waals surface area contributed by atoms with E-state index in [2.05, 4.69) is 15.6 Å². The number of fused-ring (bicyclic) bond motifs is 1. The van der Waals surface area contributed by atoms with Crippen LogP contribution in [0.2, 0.25) is 0 Å². The van der Waals surface area contributed by atoms with Crippen molar-refractivity contribution in [2.24, 2.45) is 0 Å². The fraction of sp³-hybridized carbons (Fsp3) is 0.273. The Morgan fingerprint density at radius 3 is 2.39 bits per heavy atom. The number of nitrogens with one attached hydrogen (secondary N) is 3. The topological polar surface area (TPSA) is 83.2 Å². The Morgan fingerprint density at radius 1 is 1.00 bits per heavy atom. The molecule has 1 aromatic heterocycles. The molecule has 2 atom stereocenters. The van der Waals surface area contributed by atoms with Crippen molar-refractivity contribution in [1.29, 1.82) is 0 Å². The Labute approximate surface area is 184 Å². The third-order valence-electron chi connectivity index (χ3n) is 5.38. The number of carbonyl (C=O) groups excluding carboxylic acids is 2. The van der Waals surface area contributed by atoms with E-state index < -0.39 is 35.2 Å². The summed E-state index contributed by atoms with van der Waals surface area (Å²) in [6, 6.07) is 5.82. The van der Waals surface area contributed by atoms with Gasteiger partial charge in [-0.05, 0) is 43.2 Å². The molecule has 0 saturated heterocycles. The van der Waals surface area contributed by atoms with Crippen LogP contribution in [0.25, 0.3) is 10.9 Å². The third-order valence-corrected chi connectivity index (χ3v) is 5.38. The Kier molecular flexibility index (Phi) is 5.96. The number of carbonyl (C=O) groups is 2. The average molecular weight is 467 g/mol. The Morgan fingerprint density at radius 2 is 1.70 bits per heavy atom. The third kappa shape index (κ3) is 5.07. The van der Waals surface area contributed by atoms with Crippen LogP contribution < -0.4 is 15.4 Å². The lowest BCUT2D eigenvalue weighted by molar-refractivity contribution is -0.137. The Hall–Kier alpha value is -3.63. The molecule has 0 spiro atoms. The van der Waals surface area contributed by atoms with Crippen LogP contribution >= 0.6 is 0 Å². The van der Waals surface area contributed by atoms with Crippen LogP contribution in [-0.2, 0) is 15.8 Å². The fourth-order valence-electron chi connectivity index (χ4n) is 3.74. The highest BCUT2D eigenvalue weighted by Gasteiger charge is 2.31. The molecule has 1 aliphatic carbocycles. The van der Waals surface area contributed by atoms with E-state index >= 15 is 0 Å². The normalized spacial score (nSPS) is 18.3. The van der Waals surface area contributed by atoms with Gasteiger partial charge in [-0.3, -0.25) is 9.59 Å². The van der Waals surface area contributed by atoms with Crippen LogP contribution in [0, 0.1) is 11.6 Å². The van der Waals surface area contributed by atoms with Gasteiger partial charge in [0.25, 0.3) is 0 Å². The summed E-state index contributed by atoms with van der Waals surface area (Å²) in [7, 11) is 0. The molecule has 1 fully saturated rings. The van der Waals surface area contributed by atoms with E-state index in [1.54, 1.807) is 0 Å². The summed E-state index contributed by atoms with van der Waals surface area (Å²) < 4.78 is 70.4. The van der Waals surface area contributed by atoms with E-state index in [0.717, 1.165) is 24.3 Å². The highest BCUT2D eigenvalue weighted by molar-refractivity contribution is 6.40. The molecule has 0 aliphatic heterocycles. The van der Waals surface area contributed by atoms with Crippen molar-refractivity contribution >= 4 is 28.4 Å². The molecule has 174 valence electrons. The molecule has 0 radical (unpaired) electrons. The number of amides is 2. The predicted molar refractivity (Wildman–Crippen MR) is 108 cm³/mol. The first-order valence-corrected chi connectivity index (χ1v) is 10.0.